The molecule has 0 heterocycles. The summed E-state index contributed by atoms with van der Waals surface area (Å²) in [5.74, 6) is -1.94. The summed E-state index contributed by atoms with van der Waals surface area (Å²) in [6, 6.07) is 27.4. The average Bonchev–Trinajstić information content (AvgIpc) is 3.25. The van der Waals surface area contributed by atoms with E-state index in [2.05, 4.69) is 0 Å². The molecule has 0 aromatic heterocycles. The Morgan fingerprint density at radius 3 is 1.54 bits per heavy atom. The molecule has 0 radical (unpaired) electrons. The van der Waals surface area contributed by atoms with Gasteiger partial charge in [0.15, 0.2) is 40.7 Å². The van der Waals surface area contributed by atoms with Gasteiger partial charge in [-0.2, -0.15) is 0 Å². The second-order valence-electron chi connectivity index (χ2n) is 14.2. The number of allylic oxidation sites excluding steroid dienone is 2. The minimum Gasteiger partial charge on any atom is -0.493 e. The minimum absolute atomic E-state index is 0.000254. The Labute approximate surface area is 354 Å². The highest BCUT2D eigenvalue weighted by molar-refractivity contribution is 6.10. The fourth-order valence-electron chi connectivity index (χ4n) is 5.48. The van der Waals surface area contributed by atoms with Crippen LogP contribution < -0.4 is 18.9 Å². The fraction of sp³-hybridized carbons (Fsp3) is 0.298. The van der Waals surface area contributed by atoms with Crippen LogP contribution >= 0.6 is 0 Å². The third kappa shape index (κ3) is 15.3. The van der Waals surface area contributed by atoms with Crippen molar-refractivity contribution in [1.82, 2.24) is 0 Å². The average molecular weight is 839 g/mol. The third-order valence-electron chi connectivity index (χ3n) is 8.74. The van der Waals surface area contributed by atoms with Gasteiger partial charge < -0.3 is 43.0 Å². The first-order valence-electron chi connectivity index (χ1n) is 19.3. The summed E-state index contributed by atoms with van der Waals surface area (Å²) in [6.07, 6.45) is -0.824. The maximum Gasteiger partial charge on any atom is 0.509 e. The monoisotopic (exact) mass is 838 g/mol. The number of benzene rings is 4. The summed E-state index contributed by atoms with van der Waals surface area (Å²) in [4.78, 5) is 63.1. The lowest BCUT2D eigenvalue weighted by molar-refractivity contribution is -0.148. The predicted octanol–water partition coefficient (Wildman–Crippen LogP) is 8.32. The zero-order valence-electron chi connectivity index (χ0n) is 34.8. The van der Waals surface area contributed by atoms with Gasteiger partial charge in [-0.1, -0.05) is 113 Å². The maximum absolute atomic E-state index is 13.0. The molecule has 0 saturated carbocycles. The first-order valence-corrected chi connectivity index (χ1v) is 19.3. The molecule has 14 heteroatoms. The van der Waals surface area contributed by atoms with Crippen molar-refractivity contribution < 1.29 is 67.0 Å². The molecule has 1 unspecified atom stereocenters. The Bertz CT molecular complexity index is 2140. The van der Waals surface area contributed by atoms with Gasteiger partial charge in [-0.05, 0) is 64.6 Å². The molecular weight excluding hydrogens is 789 g/mol. The normalized spacial score (nSPS) is 12.7. The van der Waals surface area contributed by atoms with Gasteiger partial charge in [-0.25, -0.2) is 14.4 Å². The molecule has 3 atom stereocenters. The van der Waals surface area contributed by atoms with Crippen molar-refractivity contribution in [2.75, 3.05) is 14.2 Å². The summed E-state index contributed by atoms with van der Waals surface area (Å²) in [6.45, 7) is 6.85. The number of carbonyl (C=O) groups is 5. The van der Waals surface area contributed by atoms with Gasteiger partial charge in [0.1, 0.15) is 13.2 Å². The molecule has 0 aliphatic rings. The molecule has 0 aliphatic heterocycles. The zero-order valence-corrected chi connectivity index (χ0v) is 34.8. The van der Waals surface area contributed by atoms with E-state index >= 15 is 0 Å². The number of carbonyl (C=O) groups excluding carboxylic acids is 5. The highest BCUT2D eigenvalue weighted by atomic mass is 16.7. The quantitative estimate of drug-likeness (QED) is 0.0278. The van der Waals surface area contributed by atoms with Crippen LogP contribution in [0.3, 0.4) is 0 Å². The third-order valence-corrected chi connectivity index (χ3v) is 8.74. The number of aliphatic hydroxyl groups excluding tert-OH is 1. The molecule has 61 heavy (non-hydrogen) atoms. The number of ketones is 2. The van der Waals surface area contributed by atoms with Crippen molar-refractivity contribution in [3.63, 3.8) is 0 Å². The van der Waals surface area contributed by atoms with E-state index in [1.165, 1.54) is 56.7 Å². The molecule has 14 nitrogen and oxygen atoms in total. The zero-order chi connectivity index (χ0) is 44.3. The summed E-state index contributed by atoms with van der Waals surface area (Å²) in [7, 11) is 2.77. The molecular formula is C47H50O14. The molecule has 0 bridgehead atoms. The first-order chi connectivity index (χ1) is 29.3. The van der Waals surface area contributed by atoms with E-state index in [0.717, 1.165) is 11.1 Å². The second kappa shape index (κ2) is 23.6. The minimum atomic E-state index is -1.57. The van der Waals surface area contributed by atoms with E-state index in [9.17, 15) is 29.1 Å². The van der Waals surface area contributed by atoms with Crippen molar-refractivity contribution in [2.45, 2.75) is 65.8 Å². The molecule has 0 amide bonds. The van der Waals surface area contributed by atoms with Crippen molar-refractivity contribution in [3.05, 3.63) is 131 Å². The van der Waals surface area contributed by atoms with Crippen LogP contribution in [0.15, 0.2) is 109 Å². The fourth-order valence-corrected chi connectivity index (χ4v) is 5.48. The van der Waals surface area contributed by atoms with Gasteiger partial charge in [-0.15, -0.1) is 0 Å². The Hall–Kier alpha value is -6.93. The van der Waals surface area contributed by atoms with Crippen LogP contribution in [0.25, 0.3) is 12.2 Å². The second-order valence-corrected chi connectivity index (χ2v) is 14.2. The lowest BCUT2D eigenvalue weighted by Crippen LogP contribution is -2.39. The van der Waals surface area contributed by atoms with E-state index in [-0.39, 0.29) is 42.1 Å². The van der Waals surface area contributed by atoms with Gasteiger partial charge in [0.05, 0.1) is 20.6 Å². The van der Waals surface area contributed by atoms with E-state index in [1.807, 2.05) is 24.3 Å². The summed E-state index contributed by atoms with van der Waals surface area (Å²) in [5, 5.41) is 10.9. The van der Waals surface area contributed by atoms with Gasteiger partial charge in [0, 0.05) is 5.92 Å². The highest BCUT2D eigenvalue weighted by Gasteiger charge is 2.31. The van der Waals surface area contributed by atoms with Crippen LogP contribution in [0, 0.1) is 11.8 Å². The number of esters is 1. The number of ether oxygens (including phenoxy) is 8. The van der Waals surface area contributed by atoms with Crippen molar-refractivity contribution in [3.8, 4) is 23.0 Å². The number of hydrogen-bond acceptors (Lipinski definition) is 14. The van der Waals surface area contributed by atoms with Gasteiger partial charge in [0.25, 0.3) is 0 Å². The highest BCUT2D eigenvalue weighted by Crippen LogP contribution is 2.32. The van der Waals surface area contributed by atoms with Crippen molar-refractivity contribution in [1.29, 1.82) is 0 Å². The molecule has 322 valence electrons. The standard InChI is InChI=1S/C47H50O14/c1-30(2)42(60-46(52)56-28-34-13-9-7-10-14-34)44(50)58-38-23-19-32(25-40(38)54-5)17-21-36(48)27-37(49)22-18-33-20-24-39(41(26-33)55-6)59-45(51)43(31(3)4)61-47(53)57-29-35-15-11-8-12-16-35/h7-26,30-31,42-44,50H,27-29H2,1-6H3/b21-17+,22-18+/t42-,43-,44?/m0/s1. The maximum atomic E-state index is 13.0. The Morgan fingerprint density at radius 2 is 1.07 bits per heavy atom. The SMILES string of the molecule is COc1cc(/C=C/C(=O)CC(=O)/C=C/c2ccc(OC(O)[C@@H](OC(=O)OCc3ccccc3)C(C)C)c(OC)c2)ccc1OC(=O)[C@@H](OC(=O)OCc1ccccc1)C(C)C. The number of rotatable bonds is 21. The molecule has 4 rings (SSSR count). The number of hydrogen-bond donors (Lipinski definition) is 1. The molecule has 1 N–H and O–H groups in total. The van der Waals surface area contributed by atoms with Gasteiger partial charge in [0.2, 0.25) is 12.4 Å². The smallest absolute Gasteiger partial charge is 0.493 e. The van der Waals surface area contributed by atoms with Crippen LogP contribution in [0.5, 0.6) is 23.0 Å². The van der Waals surface area contributed by atoms with Crippen molar-refractivity contribution in [2.24, 2.45) is 11.8 Å². The molecule has 0 saturated heterocycles. The van der Waals surface area contributed by atoms with Crippen LogP contribution in [-0.2, 0) is 46.5 Å². The Kier molecular flexibility index (Phi) is 18.1. The van der Waals surface area contributed by atoms with Crippen LogP contribution in [-0.4, -0.2) is 67.7 Å². The lowest BCUT2D eigenvalue weighted by atomic mass is 10.1. The van der Waals surface area contributed by atoms with E-state index in [1.54, 1.807) is 82.3 Å². The summed E-state index contributed by atoms with van der Waals surface area (Å²) < 4.78 is 43.0. The van der Waals surface area contributed by atoms with E-state index in [4.69, 9.17) is 37.9 Å². The Morgan fingerprint density at radius 1 is 0.590 bits per heavy atom. The van der Waals surface area contributed by atoms with Crippen LogP contribution in [0.4, 0.5) is 9.59 Å². The topological polar surface area (TPSA) is 179 Å². The van der Waals surface area contributed by atoms with Gasteiger partial charge in [-0.3, -0.25) is 9.59 Å². The Balaban J connectivity index is 1.29. The first kappa shape index (κ1) is 46.8. The predicted molar refractivity (Wildman–Crippen MR) is 224 cm³/mol. The van der Waals surface area contributed by atoms with E-state index in [0.29, 0.717) is 11.1 Å². The molecule has 4 aromatic carbocycles. The van der Waals surface area contributed by atoms with E-state index < -0.39 is 60.7 Å². The summed E-state index contributed by atoms with van der Waals surface area (Å²) >= 11 is 0. The molecule has 0 spiro atoms. The molecule has 0 fully saturated rings. The van der Waals surface area contributed by atoms with Crippen LogP contribution in [0.2, 0.25) is 0 Å². The van der Waals surface area contributed by atoms with Crippen LogP contribution in [0.1, 0.15) is 56.4 Å². The van der Waals surface area contributed by atoms with Gasteiger partial charge >= 0.3 is 18.3 Å². The number of aliphatic hydroxyl groups is 1. The molecule has 4 aromatic rings. The summed E-state index contributed by atoms with van der Waals surface area (Å²) in [5.41, 5.74) is 2.58. The largest absolute Gasteiger partial charge is 0.509 e. The molecule has 0 aliphatic carbocycles. The van der Waals surface area contributed by atoms with Crippen molar-refractivity contribution >= 4 is 42.0 Å². The lowest BCUT2D eigenvalue weighted by Gasteiger charge is -2.26. The number of methoxy groups -OCH3 is 2.